The first-order chi connectivity index (χ1) is 36.6. The summed E-state index contributed by atoms with van der Waals surface area (Å²) in [6.45, 7) is 5.95. The summed E-state index contributed by atoms with van der Waals surface area (Å²) >= 11 is 0. The van der Waals surface area contributed by atoms with E-state index in [-0.39, 0.29) is 25.9 Å². The Morgan fingerprint density at radius 2 is 0.800 bits per heavy atom. The molecule has 0 radical (unpaired) electrons. The molecule has 0 bridgehead atoms. The molecule has 0 amide bonds. The summed E-state index contributed by atoms with van der Waals surface area (Å²) in [6, 6.07) is 0. The van der Waals surface area contributed by atoms with Gasteiger partial charge in [0.1, 0.15) is 18.8 Å². The van der Waals surface area contributed by atoms with Gasteiger partial charge in [-0.3, -0.25) is 14.4 Å². The van der Waals surface area contributed by atoms with E-state index >= 15 is 0 Å². The molecule has 1 rings (SSSR count). The van der Waals surface area contributed by atoms with E-state index in [1.165, 1.54) is 148 Å². The third-order valence-electron chi connectivity index (χ3n) is 14.2. The van der Waals surface area contributed by atoms with Crippen molar-refractivity contribution in [2.24, 2.45) is 0 Å². The SMILES string of the molecule is CCCCC/C=C\C/C=C\CCCCCCCCCC(=O)OC(COC(=O)CCCCCCCCCCC/C=C\CCCCCCCC)COC1OC(C(=O)O)C(O)C(O)C1OC(=O)CCCCCCCCCCC. The molecule has 6 unspecified atom stereocenters. The van der Waals surface area contributed by atoms with Crippen LogP contribution in [0.15, 0.2) is 36.5 Å². The molecule has 0 aromatic heterocycles. The lowest BCUT2D eigenvalue weighted by atomic mass is 9.98. The number of ether oxygens (including phenoxy) is 5. The summed E-state index contributed by atoms with van der Waals surface area (Å²) in [5, 5.41) is 31.4. The number of carbonyl (C=O) groups is 4. The Labute approximate surface area is 457 Å². The van der Waals surface area contributed by atoms with Crippen LogP contribution in [0.2, 0.25) is 0 Å². The van der Waals surface area contributed by atoms with E-state index in [1.807, 2.05) is 0 Å². The Kier molecular flexibility index (Phi) is 48.2. The first-order valence-corrected chi connectivity index (χ1v) is 31.0. The molecule has 1 aliphatic rings. The Morgan fingerprint density at radius 1 is 0.440 bits per heavy atom. The summed E-state index contributed by atoms with van der Waals surface area (Å²) in [5.41, 5.74) is 0. The van der Waals surface area contributed by atoms with Crippen LogP contribution in [-0.4, -0.2) is 89.2 Å². The second-order valence-electron chi connectivity index (χ2n) is 21.3. The highest BCUT2D eigenvalue weighted by Gasteiger charge is 2.50. The van der Waals surface area contributed by atoms with E-state index in [9.17, 15) is 34.5 Å². The monoisotopic (exact) mass is 1060 g/mol. The van der Waals surface area contributed by atoms with Crippen LogP contribution >= 0.6 is 0 Å². The standard InChI is InChI=1S/C63H112O12/c1-4-7-10-13-16-19-21-23-25-27-28-30-31-33-35-38-40-43-46-49-55(64)71-52-54(73-56(65)50-47-44-42-39-36-34-32-29-26-24-22-20-17-14-11-8-5-2)53-72-63-61(59(68)58(67)60(75-63)62(69)70)74-57(66)51-48-45-41-37-18-15-12-9-6-3/h17,20,23-26,54,58-61,63,67-68H,4-16,18-19,21-22,27-53H2,1-3H3,(H,69,70)/b20-17-,25-23-,26-24-. The van der Waals surface area contributed by atoms with Gasteiger partial charge < -0.3 is 39.0 Å². The van der Waals surface area contributed by atoms with Crippen molar-refractivity contribution >= 4 is 23.9 Å². The minimum absolute atomic E-state index is 0.0628. The smallest absolute Gasteiger partial charge is 0.335 e. The number of aliphatic hydroxyl groups is 2. The second kappa shape index (κ2) is 51.7. The second-order valence-corrected chi connectivity index (χ2v) is 21.3. The number of aliphatic hydroxyl groups excluding tert-OH is 2. The van der Waals surface area contributed by atoms with Gasteiger partial charge in [-0.25, -0.2) is 4.79 Å². The van der Waals surface area contributed by atoms with E-state index in [1.54, 1.807) is 0 Å². The lowest BCUT2D eigenvalue weighted by molar-refractivity contribution is -0.301. The van der Waals surface area contributed by atoms with Crippen molar-refractivity contribution in [1.82, 2.24) is 0 Å². The third kappa shape index (κ3) is 41.7. The Balaban J connectivity index is 2.63. The van der Waals surface area contributed by atoms with Crippen LogP contribution in [0.4, 0.5) is 0 Å². The normalized spacial score (nSPS) is 18.3. The zero-order valence-electron chi connectivity index (χ0n) is 48.1. The molecule has 0 aromatic carbocycles. The molecule has 3 N–H and O–H groups in total. The predicted octanol–water partition coefficient (Wildman–Crippen LogP) is 16.0. The highest BCUT2D eigenvalue weighted by molar-refractivity contribution is 5.74. The number of carboxylic acids is 1. The van der Waals surface area contributed by atoms with Crippen LogP contribution in [-0.2, 0) is 42.9 Å². The van der Waals surface area contributed by atoms with Crippen LogP contribution < -0.4 is 0 Å². The molecule has 1 aliphatic heterocycles. The molecule has 436 valence electrons. The highest BCUT2D eigenvalue weighted by Crippen LogP contribution is 2.27. The summed E-state index contributed by atoms with van der Waals surface area (Å²) in [7, 11) is 0. The number of hydrogen-bond acceptors (Lipinski definition) is 11. The summed E-state index contributed by atoms with van der Waals surface area (Å²) < 4.78 is 28.4. The molecular weight excluding hydrogens is 949 g/mol. The lowest BCUT2D eigenvalue weighted by Gasteiger charge is -2.40. The number of allylic oxidation sites excluding steroid dienone is 6. The predicted molar refractivity (Wildman–Crippen MR) is 303 cm³/mol. The van der Waals surface area contributed by atoms with Crippen LogP contribution in [0.1, 0.15) is 290 Å². The number of carbonyl (C=O) groups excluding carboxylic acids is 3. The van der Waals surface area contributed by atoms with Crippen molar-refractivity contribution in [2.75, 3.05) is 13.2 Å². The fourth-order valence-electron chi connectivity index (χ4n) is 9.39. The number of esters is 3. The van der Waals surface area contributed by atoms with E-state index in [0.717, 1.165) is 83.5 Å². The molecule has 0 saturated carbocycles. The first-order valence-electron chi connectivity index (χ1n) is 31.0. The molecule has 1 saturated heterocycles. The first kappa shape index (κ1) is 70.0. The van der Waals surface area contributed by atoms with Gasteiger partial charge in [-0.1, -0.05) is 231 Å². The van der Waals surface area contributed by atoms with Crippen molar-refractivity contribution in [1.29, 1.82) is 0 Å². The average Bonchev–Trinajstić information content (AvgIpc) is 3.39. The lowest BCUT2D eigenvalue weighted by Crippen LogP contribution is -2.61. The summed E-state index contributed by atoms with van der Waals surface area (Å²) in [5.74, 6) is -3.11. The van der Waals surface area contributed by atoms with Crippen LogP contribution in [0.3, 0.4) is 0 Å². The minimum Gasteiger partial charge on any atom is -0.479 e. The maximum Gasteiger partial charge on any atom is 0.335 e. The van der Waals surface area contributed by atoms with Crippen molar-refractivity contribution in [3.8, 4) is 0 Å². The zero-order chi connectivity index (χ0) is 54.7. The third-order valence-corrected chi connectivity index (χ3v) is 14.2. The zero-order valence-corrected chi connectivity index (χ0v) is 48.1. The van der Waals surface area contributed by atoms with Gasteiger partial charge in [0.25, 0.3) is 0 Å². The van der Waals surface area contributed by atoms with Gasteiger partial charge >= 0.3 is 23.9 Å². The topological polar surface area (TPSA) is 175 Å². The average molecular weight is 1060 g/mol. The molecule has 0 aliphatic carbocycles. The molecular formula is C63H112O12. The fraction of sp³-hybridized carbons (Fsp3) is 0.841. The maximum atomic E-state index is 13.2. The number of hydrogen-bond donors (Lipinski definition) is 3. The molecule has 12 nitrogen and oxygen atoms in total. The fourth-order valence-corrected chi connectivity index (χ4v) is 9.39. The van der Waals surface area contributed by atoms with E-state index in [2.05, 4.69) is 57.2 Å². The summed E-state index contributed by atoms with van der Waals surface area (Å²) in [4.78, 5) is 51.1. The Morgan fingerprint density at radius 3 is 1.24 bits per heavy atom. The molecule has 12 heteroatoms. The number of unbranched alkanes of at least 4 members (excludes halogenated alkanes) is 33. The van der Waals surface area contributed by atoms with Crippen LogP contribution in [0.25, 0.3) is 0 Å². The number of carboxylic acid groups (broad SMARTS) is 1. The largest absolute Gasteiger partial charge is 0.479 e. The van der Waals surface area contributed by atoms with Crippen LogP contribution in [0.5, 0.6) is 0 Å². The molecule has 1 fully saturated rings. The van der Waals surface area contributed by atoms with E-state index in [4.69, 9.17) is 23.7 Å². The van der Waals surface area contributed by atoms with Crippen molar-refractivity contribution in [3.63, 3.8) is 0 Å². The minimum atomic E-state index is -1.90. The van der Waals surface area contributed by atoms with Gasteiger partial charge in [-0.2, -0.15) is 0 Å². The Hall–Kier alpha value is -3.06. The van der Waals surface area contributed by atoms with Crippen molar-refractivity contribution in [2.45, 2.75) is 327 Å². The van der Waals surface area contributed by atoms with Gasteiger partial charge in [-0.05, 0) is 77.0 Å². The van der Waals surface area contributed by atoms with Crippen molar-refractivity contribution in [3.05, 3.63) is 36.5 Å². The number of aliphatic carboxylic acids is 1. The van der Waals surface area contributed by atoms with Gasteiger partial charge in [0, 0.05) is 19.3 Å². The quantitative estimate of drug-likeness (QED) is 0.0228. The maximum absolute atomic E-state index is 13.2. The Bertz CT molecular complexity index is 1450. The van der Waals surface area contributed by atoms with Gasteiger partial charge in [0.2, 0.25) is 0 Å². The summed E-state index contributed by atoms with van der Waals surface area (Å²) in [6.07, 6.45) is 48.4. The highest BCUT2D eigenvalue weighted by atomic mass is 16.7. The molecule has 75 heavy (non-hydrogen) atoms. The molecule has 1 heterocycles. The van der Waals surface area contributed by atoms with E-state index in [0.29, 0.717) is 19.3 Å². The molecule has 0 aromatic rings. The molecule has 6 atom stereocenters. The number of rotatable bonds is 53. The van der Waals surface area contributed by atoms with Gasteiger partial charge in [-0.15, -0.1) is 0 Å². The van der Waals surface area contributed by atoms with Gasteiger partial charge in [0.05, 0.1) is 6.61 Å². The van der Waals surface area contributed by atoms with E-state index < -0.39 is 67.3 Å². The van der Waals surface area contributed by atoms with Crippen LogP contribution in [0, 0.1) is 0 Å². The molecule has 0 spiro atoms. The van der Waals surface area contributed by atoms with Gasteiger partial charge in [0.15, 0.2) is 24.6 Å². The van der Waals surface area contributed by atoms with Crippen molar-refractivity contribution < 1.29 is 58.2 Å².